The molecule has 2 aromatic carbocycles. The molecule has 98 valence electrons. The molecule has 1 N–H and O–H groups in total. The lowest BCUT2D eigenvalue weighted by Gasteiger charge is -2.08. The molecule has 0 aliphatic rings. The fraction of sp³-hybridized carbons (Fsp3) is 0.0588. The Labute approximate surface area is 117 Å². The van der Waals surface area contributed by atoms with Crippen LogP contribution in [0.15, 0.2) is 60.9 Å². The number of hydrogen-bond acceptors (Lipinski definition) is 2. The molecule has 0 spiro atoms. The average molecular weight is 262 g/mol. The Morgan fingerprint density at radius 3 is 2.80 bits per heavy atom. The minimum Gasteiger partial charge on any atom is -0.321 e. The van der Waals surface area contributed by atoms with Crippen molar-refractivity contribution in [3.63, 3.8) is 0 Å². The number of hydrogen-bond donors (Lipinski definition) is 1. The first-order valence-electron chi connectivity index (χ1n) is 6.45. The minimum absolute atomic E-state index is 0.0991. The minimum atomic E-state index is -0.0991. The molecule has 1 aromatic heterocycles. The Morgan fingerprint density at radius 2 is 1.95 bits per heavy atom. The van der Waals surface area contributed by atoms with E-state index in [1.807, 2.05) is 55.5 Å². The van der Waals surface area contributed by atoms with Crippen LogP contribution in [0.4, 0.5) is 5.69 Å². The maximum Gasteiger partial charge on any atom is 0.255 e. The van der Waals surface area contributed by atoms with Crippen molar-refractivity contribution in [1.29, 1.82) is 0 Å². The first-order chi connectivity index (χ1) is 9.74. The summed E-state index contributed by atoms with van der Waals surface area (Å²) >= 11 is 0. The van der Waals surface area contributed by atoms with Crippen LogP contribution in [0.1, 0.15) is 15.9 Å². The van der Waals surface area contributed by atoms with E-state index in [4.69, 9.17) is 0 Å². The fourth-order valence-electron chi connectivity index (χ4n) is 2.21. The lowest BCUT2D eigenvalue weighted by molar-refractivity contribution is 0.102. The zero-order valence-electron chi connectivity index (χ0n) is 11.1. The number of anilines is 1. The number of carbonyl (C=O) groups excluding carboxylic acids is 1. The van der Waals surface area contributed by atoms with Gasteiger partial charge in [0.15, 0.2) is 0 Å². The zero-order valence-corrected chi connectivity index (χ0v) is 11.1. The molecule has 0 unspecified atom stereocenters. The lowest BCUT2D eigenvalue weighted by atomic mass is 10.1. The molecule has 3 heteroatoms. The number of fused-ring (bicyclic) bond motifs is 1. The highest BCUT2D eigenvalue weighted by Gasteiger charge is 2.08. The van der Waals surface area contributed by atoms with E-state index in [0.29, 0.717) is 5.56 Å². The number of carbonyl (C=O) groups is 1. The number of pyridine rings is 1. The van der Waals surface area contributed by atoms with Gasteiger partial charge in [-0.2, -0.15) is 0 Å². The summed E-state index contributed by atoms with van der Waals surface area (Å²) in [7, 11) is 0. The standard InChI is InChI=1S/C17H14N2O/c1-12-4-2-5-13(10-12)17(20)19-16-7-3-6-14-11-18-9-8-15(14)16/h2-11H,1H3,(H,19,20). The van der Waals surface area contributed by atoms with Crippen molar-refractivity contribution in [2.75, 3.05) is 5.32 Å². The van der Waals surface area contributed by atoms with Crippen molar-refractivity contribution >= 4 is 22.4 Å². The van der Waals surface area contributed by atoms with Crippen molar-refractivity contribution in [2.45, 2.75) is 6.92 Å². The number of nitrogens with one attached hydrogen (secondary N) is 1. The van der Waals surface area contributed by atoms with Crippen LogP contribution in [0, 0.1) is 6.92 Å². The highest BCUT2D eigenvalue weighted by atomic mass is 16.1. The first-order valence-corrected chi connectivity index (χ1v) is 6.45. The summed E-state index contributed by atoms with van der Waals surface area (Å²) in [5, 5.41) is 4.96. The summed E-state index contributed by atoms with van der Waals surface area (Å²) in [4.78, 5) is 16.4. The first kappa shape index (κ1) is 12.4. The van der Waals surface area contributed by atoms with Crippen LogP contribution in [-0.2, 0) is 0 Å². The van der Waals surface area contributed by atoms with Gasteiger partial charge in [0, 0.05) is 34.4 Å². The molecule has 0 saturated carbocycles. The molecule has 1 heterocycles. The van der Waals surface area contributed by atoms with Crippen LogP contribution in [0.3, 0.4) is 0 Å². The van der Waals surface area contributed by atoms with Crippen molar-refractivity contribution in [2.24, 2.45) is 0 Å². The van der Waals surface area contributed by atoms with Crippen molar-refractivity contribution in [3.8, 4) is 0 Å². The number of benzene rings is 2. The smallest absolute Gasteiger partial charge is 0.255 e. The summed E-state index contributed by atoms with van der Waals surface area (Å²) in [6.45, 7) is 1.97. The second kappa shape index (κ2) is 5.13. The molecule has 0 fully saturated rings. The topological polar surface area (TPSA) is 42.0 Å². The third-order valence-corrected chi connectivity index (χ3v) is 3.21. The van der Waals surface area contributed by atoms with Crippen molar-refractivity contribution < 1.29 is 4.79 Å². The Bertz CT molecular complexity index is 775. The number of amides is 1. The molecule has 3 rings (SSSR count). The number of aryl methyl sites for hydroxylation is 1. The Morgan fingerprint density at radius 1 is 1.10 bits per heavy atom. The Hall–Kier alpha value is -2.68. The molecule has 0 aliphatic heterocycles. The third kappa shape index (κ3) is 2.38. The SMILES string of the molecule is Cc1cccc(C(=O)Nc2cccc3cnccc23)c1. The van der Waals surface area contributed by atoms with Gasteiger partial charge in [0.25, 0.3) is 5.91 Å². The summed E-state index contributed by atoms with van der Waals surface area (Å²) in [6, 6.07) is 15.2. The molecule has 0 atom stereocenters. The second-order valence-electron chi connectivity index (χ2n) is 4.73. The van der Waals surface area contributed by atoms with Gasteiger partial charge in [-0.15, -0.1) is 0 Å². The molecule has 3 nitrogen and oxygen atoms in total. The van der Waals surface area contributed by atoms with E-state index in [1.165, 1.54) is 0 Å². The summed E-state index contributed by atoms with van der Waals surface area (Å²) < 4.78 is 0. The monoisotopic (exact) mass is 262 g/mol. The highest BCUT2D eigenvalue weighted by molar-refractivity contribution is 6.09. The quantitative estimate of drug-likeness (QED) is 0.763. The van der Waals surface area contributed by atoms with E-state index in [9.17, 15) is 4.79 Å². The van der Waals surface area contributed by atoms with E-state index in [2.05, 4.69) is 10.3 Å². The molecule has 20 heavy (non-hydrogen) atoms. The molecule has 3 aromatic rings. The lowest BCUT2D eigenvalue weighted by Crippen LogP contribution is -2.12. The summed E-state index contributed by atoms with van der Waals surface area (Å²) in [6.07, 6.45) is 3.52. The van der Waals surface area contributed by atoms with Gasteiger partial charge in [0.2, 0.25) is 0 Å². The van der Waals surface area contributed by atoms with Gasteiger partial charge in [-0.25, -0.2) is 0 Å². The predicted molar refractivity (Wildman–Crippen MR) is 80.9 cm³/mol. The van der Waals surface area contributed by atoms with E-state index in [-0.39, 0.29) is 5.91 Å². The molecular weight excluding hydrogens is 248 g/mol. The van der Waals surface area contributed by atoms with Gasteiger partial charge >= 0.3 is 0 Å². The molecule has 0 bridgehead atoms. The van der Waals surface area contributed by atoms with Crippen molar-refractivity contribution in [1.82, 2.24) is 4.98 Å². The highest BCUT2D eigenvalue weighted by Crippen LogP contribution is 2.22. The number of aromatic nitrogens is 1. The average Bonchev–Trinajstić information content (AvgIpc) is 2.47. The van der Waals surface area contributed by atoms with Crippen LogP contribution in [0.25, 0.3) is 10.8 Å². The molecular formula is C17H14N2O. The van der Waals surface area contributed by atoms with E-state index >= 15 is 0 Å². The van der Waals surface area contributed by atoms with E-state index in [1.54, 1.807) is 12.4 Å². The Kier molecular flexibility index (Phi) is 3.17. The number of rotatable bonds is 2. The third-order valence-electron chi connectivity index (χ3n) is 3.21. The summed E-state index contributed by atoms with van der Waals surface area (Å²) in [5.74, 6) is -0.0991. The largest absolute Gasteiger partial charge is 0.321 e. The maximum absolute atomic E-state index is 12.3. The van der Waals surface area contributed by atoms with Crippen LogP contribution in [0.2, 0.25) is 0 Å². The normalized spacial score (nSPS) is 10.4. The summed E-state index contributed by atoms with van der Waals surface area (Å²) in [5.41, 5.74) is 2.53. The van der Waals surface area contributed by atoms with Crippen molar-refractivity contribution in [3.05, 3.63) is 72.1 Å². The van der Waals surface area contributed by atoms with Gasteiger partial charge in [-0.05, 0) is 31.2 Å². The zero-order chi connectivity index (χ0) is 13.9. The number of nitrogens with zero attached hydrogens (tertiary/aromatic N) is 1. The predicted octanol–water partition coefficient (Wildman–Crippen LogP) is 3.80. The fourth-order valence-corrected chi connectivity index (χ4v) is 2.21. The molecule has 1 amide bonds. The van der Waals surface area contributed by atoms with Crippen LogP contribution < -0.4 is 5.32 Å². The molecule has 0 saturated heterocycles. The van der Waals surface area contributed by atoms with E-state index < -0.39 is 0 Å². The van der Waals surface area contributed by atoms with E-state index in [0.717, 1.165) is 22.0 Å². The van der Waals surface area contributed by atoms with Gasteiger partial charge in [0.1, 0.15) is 0 Å². The van der Waals surface area contributed by atoms with Crippen LogP contribution in [0.5, 0.6) is 0 Å². The van der Waals surface area contributed by atoms with Gasteiger partial charge < -0.3 is 5.32 Å². The van der Waals surface area contributed by atoms with Gasteiger partial charge in [-0.3, -0.25) is 9.78 Å². The van der Waals surface area contributed by atoms with Gasteiger partial charge in [0.05, 0.1) is 0 Å². The molecule has 0 radical (unpaired) electrons. The van der Waals surface area contributed by atoms with Gasteiger partial charge in [-0.1, -0.05) is 29.8 Å². The van der Waals surface area contributed by atoms with Crippen LogP contribution >= 0.6 is 0 Å². The van der Waals surface area contributed by atoms with Crippen LogP contribution in [-0.4, -0.2) is 10.9 Å². The maximum atomic E-state index is 12.3. The second-order valence-corrected chi connectivity index (χ2v) is 4.73. The molecule has 0 aliphatic carbocycles. The Balaban J connectivity index is 1.95.